The summed E-state index contributed by atoms with van der Waals surface area (Å²) in [4.78, 5) is 8.51. The fourth-order valence-electron chi connectivity index (χ4n) is 2.68. The number of anilines is 2. The number of rotatable bonds is 8. The van der Waals surface area contributed by atoms with Gasteiger partial charge in [0.05, 0.1) is 12.5 Å². The maximum atomic E-state index is 14.4. The van der Waals surface area contributed by atoms with Crippen LogP contribution in [-0.4, -0.2) is 16.5 Å². The van der Waals surface area contributed by atoms with Gasteiger partial charge >= 0.3 is 51.4 Å². The standard InChI is InChI=1S/C19H24FN5.CN.K/c1-3-4-5-10-23-18-16(13(2)24-19(22)25-18)12-15-7-6-14(8-9-21)11-17(15)20;1-2;/h6-7,11H,3-5,8,10,12H2,1-2H3,(H3,22,23,24,25);;/q;-1;+1. The first kappa shape index (κ1) is 26.4. The number of aromatic nitrogens is 2. The van der Waals surface area contributed by atoms with E-state index in [1.807, 2.05) is 13.0 Å². The van der Waals surface area contributed by atoms with Crippen molar-refractivity contribution in [2.24, 2.45) is 0 Å². The first-order valence-electron chi connectivity index (χ1n) is 8.78. The van der Waals surface area contributed by atoms with Crippen LogP contribution in [0.15, 0.2) is 18.2 Å². The maximum Gasteiger partial charge on any atom is 1.00 e. The van der Waals surface area contributed by atoms with Crippen molar-refractivity contribution < 1.29 is 55.8 Å². The van der Waals surface area contributed by atoms with Crippen molar-refractivity contribution >= 4 is 11.8 Å². The number of halogens is 1. The van der Waals surface area contributed by atoms with E-state index in [1.165, 1.54) is 6.07 Å². The average molecular weight is 407 g/mol. The van der Waals surface area contributed by atoms with Crippen molar-refractivity contribution in [3.63, 3.8) is 0 Å². The molecule has 0 spiro atoms. The summed E-state index contributed by atoms with van der Waals surface area (Å²) in [7, 11) is 0. The number of aryl methyl sites for hydroxylation is 1. The smallest absolute Gasteiger partial charge is 0.512 e. The van der Waals surface area contributed by atoms with Crippen molar-refractivity contribution in [3.05, 3.63) is 53.0 Å². The molecule has 0 saturated heterocycles. The van der Waals surface area contributed by atoms with Gasteiger partial charge in [-0.05, 0) is 30.5 Å². The SMILES string of the molecule is CCCCCNc1nc(N)nc(C)c1Cc1ccc(CC#N)cc1F.[C-]#N.[K+]. The van der Waals surface area contributed by atoms with Crippen LogP contribution in [0.5, 0.6) is 0 Å². The quantitative estimate of drug-likeness (QED) is 0.382. The van der Waals surface area contributed by atoms with Gasteiger partial charge in [0.1, 0.15) is 11.6 Å². The van der Waals surface area contributed by atoms with E-state index >= 15 is 0 Å². The van der Waals surface area contributed by atoms with E-state index in [-0.39, 0.29) is 69.6 Å². The van der Waals surface area contributed by atoms with E-state index in [0.717, 1.165) is 37.1 Å². The monoisotopic (exact) mass is 406 g/mol. The molecule has 1 heterocycles. The van der Waals surface area contributed by atoms with Gasteiger partial charge in [-0.2, -0.15) is 10.2 Å². The molecule has 3 N–H and O–H groups in total. The van der Waals surface area contributed by atoms with Gasteiger partial charge in [0.15, 0.2) is 0 Å². The van der Waals surface area contributed by atoms with E-state index in [4.69, 9.17) is 22.8 Å². The van der Waals surface area contributed by atoms with E-state index < -0.39 is 0 Å². The van der Waals surface area contributed by atoms with Crippen molar-refractivity contribution in [2.75, 3.05) is 17.6 Å². The number of nitrogens with zero attached hydrogens (tertiary/aromatic N) is 4. The Labute approximate surface area is 208 Å². The number of nitrogen functional groups attached to an aromatic ring is 1. The van der Waals surface area contributed by atoms with Crippen LogP contribution < -0.4 is 62.4 Å². The minimum atomic E-state index is -0.319. The molecule has 1 aromatic heterocycles. The third-order valence-electron chi connectivity index (χ3n) is 4.07. The zero-order chi connectivity index (χ0) is 20.2. The topological polar surface area (TPSA) is 111 Å². The molecule has 0 amide bonds. The summed E-state index contributed by atoms with van der Waals surface area (Å²) in [5, 5.41) is 18.3. The molecule has 0 radical (unpaired) electrons. The Bertz CT molecular complexity index is 816. The summed E-state index contributed by atoms with van der Waals surface area (Å²) in [6, 6.07) is 6.95. The zero-order valence-electron chi connectivity index (χ0n) is 16.7. The Kier molecular flexibility index (Phi) is 13.6. The zero-order valence-corrected chi connectivity index (χ0v) is 19.8. The molecular weight excluding hydrogens is 382 g/mol. The van der Waals surface area contributed by atoms with Crippen LogP contribution in [0.1, 0.15) is 48.6 Å². The number of hydrogen-bond donors (Lipinski definition) is 2. The molecule has 142 valence electrons. The van der Waals surface area contributed by atoms with Crippen LogP contribution in [0, 0.1) is 35.9 Å². The summed E-state index contributed by atoms with van der Waals surface area (Å²) < 4.78 is 14.4. The largest absolute Gasteiger partial charge is 1.00 e. The van der Waals surface area contributed by atoms with Crippen LogP contribution in [0.3, 0.4) is 0 Å². The van der Waals surface area contributed by atoms with Gasteiger partial charge in [-0.3, -0.25) is 0 Å². The number of unbranched alkanes of at least 4 members (excludes halogenated alkanes) is 2. The van der Waals surface area contributed by atoms with Gasteiger partial charge in [0.25, 0.3) is 0 Å². The second-order valence-electron chi connectivity index (χ2n) is 6.07. The summed E-state index contributed by atoms with van der Waals surface area (Å²) >= 11 is 0. The second-order valence-corrected chi connectivity index (χ2v) is 6.07. The molecule has 2 aromatic rings. The molecule has 28 heavy (non-hydrogen) atoms. The van der Waals surface area contributed by atoms with Crippen LogP contribution in [0.2, 0.25) is 0 Å². The average Bonchev–Trinajstić information content (AvgIpc) is 2.65. The Morgan fingerprint density at radius 3 is 2.57 bits per heavy atom. The van der Waals surface area contributed by atoms with Crippen LogP contribution in [-0.2, 0) is 12.8 Å². The van der Waals surface area contributed by atoms with Crippen LogP contribution >= 0.6 is 0 Å². The van der Waals surface area contributed by atoms with Gasteiger partial charge in [0, 0.05) is 24.2 Å². The van der Waals surface area contributed by atoms with Crippen molar-refractivity contribution in [1.82, 2.24) is 9.97 Å². The molecule has 6 nitrogen and oxygen atoms in total. The minimum Gasteiger partial charge on any atom is -0.512 e. The van der Waals surface area contributed by atoms with Gasteiger partial charge in [-0.1, -0.05) is 31.9 Å². The molecule has 0 atom stereocenters. The molecule has 0 aliphatic carbocycles. The molecule has 8 heteroatoms. The summed E-state index contributed by atoms with van der Waals surface area (Å²) in [5.74, 6) is 0.562. The minimum absolute atomic E-state index is 0. The van der Waals surface area contributed by atoms with Gasteiger partial charge in [0.2, 0.25) is 5.95 Å². The Hall–Kier alpha value is -1.55. The van der Waals surface area contributed by atoms with Gasteiger partial charge in [-0.25, -0.2) is 9.37 Å². The third kappa shape index (κ3) is 8.21. The molecule has 0 saturated carbocycles. The van der Waals surface area contributed by atoms with E-state index in [1.54, 1.807) is 12.1 Å². The Morgan fingerprint density at radius 2 is 1.96 bits per heavy atom. The van der Waals surface area contributed by atoms with E-state index in [0.29, 0.717) is 23.4 Å². The molecule has 0 bridgehead atoms. The Morgan fingerprint density at radius 1 is 1.25 bits per heavy atom. The number of nitrogens with one attached hydrogen (secondary N) is 1. The molecule has 1 aromatic carbocycles. The van der Waals surface area contributed by atoms with Crippen LogP contribution in [0.25, 0.3) is 0 Å². The fraction of sp³-hybridized carbons (Fsp3) is 0.400. The first-order chi connectivity index (χ1) is 13.0. The molecule has 0 fully saturated rings. The predicted molar refractivity (Wildman–Crippen MR) is 103 cm³/mol. The van der Waals surface area contributed by atoms with Crippen molar-refractivity contribution in [1.29, 1.82) is 10.5 Å². The third-order valence-corrected chi connectivity index (χ3v) is 4.07. The van der Waals surface area contributed by atoms with Crippen molar-refractivity contribution in [2.45, 2.75) is 46.0 Å². The molecule has 2 rings (SSSR count). The number of benzene rings is 1. The maximum absolute atomic E-state index is 14.4. The predicted octanol–water partition coefficient (Wildman–Crippen LogP) is 0.866. The normalized spacial score (nSPS) is 9.43. The summed E-state index contributed by atoms with van der Waals surface area (Å²) in [6.45, 7) is 9.55. The number of nitrogens with two attached hydrogens (primary N) is 1. The first-order valence-corrected chi connectivity index (χ1v) is 8.78. The van der Waals surface area contributed by atoms with Gasteiger partial charge in [-0.15, -0.1) is 0 Å². The molecule has 0 aliphatic rings. The summed E-state index contributed by atoms with van der Waals surface area (Å²) in [6.07, 6.45) is 3.89. The van der Waals surface area contributed by atoms with Gasteiger partial charge < -0.3 is 22.9 Å². The molecule has 0 unspecified atom stereocenters. The number of hydrogen-bond acceptors (Lipinski definition) is 6. The van der Waals surface area contributed by atoms with E-state index in [2.05, 4.69) is 22.2 Å². The van der Waals surface area contributed by atoms with E-state index in [9.17, 15) is 4.39 Å². The Balaban J connectivity index is 0.00000235. The second kappa shape index (κ2) is 14.4. The molecular formula is C20H24FKN6. The number of nitriles is 1. The fourth-order valence-corrected chi connectivity index (χ4v) is 2.68. The summed E-state index contributed by atoms with van der Waals surface area (Å²) in [5.41, 5.74) is 8.58. The molecule has 0 aliphatic heterocycles. The van der Waals surface area contributed by atoms with Crippen molar-refractivity contribution in [3.8, 4) is 6.07 Å². The van der Waals surface area contributed by atoms with Crippen LogP contribution in [0.4, 0.5) is 16.2 Å².